The topological polar surface area (TPSA) is 29.9 Å². The molecule has 1 N–H and O–H groups in total. The standard InChI is InChI=1S/C13H15BrFN3/c1-2-5-18-9-10(8-17-18)7-16-11-3-4-12(14)13(15)6-11/h3-4,6,8-9,16H,2,5,7H2,1H3. The van der Waals surface area contributed by atoms with Crippen molar-refractivity contribution < 1.29 is 4.39 Å². The molecule has 0 radical (unpaired) electrons. The van der Waals surface area contributed by atoms with E-state index in [4.69, 9.17) is 0 Å². The number of hydrogen-bond donors (Lipinski definition) is 1. The Labute approximate surface area is 114 Å². The molecule has 0 aliphatic rings. The molecule has 0 unspecified atom stereocenters. The summed E-state index contributed by atoms with van der Waals surface area (Å²) >= 11 is 3.13. The number of aryl methyl sites for hydroxylation is 1. The lowest BCUT2D eigenvalue weighted by molar-refractivity contribution is 0.602. The maximum Gasteiger partial charge on any atom is 0.139 e. The summed E-state index contributed by atoms with van der Waals surface area (Å²) < 4.78 is 15.7. The van der Waals surface area contributed by atoms with Gasteiger partial charge >= 0.3 is 0 Å². The molecular weight excluding hydrogens is 297 g/mol. The molecule has 0 bridgehead atoms. The molecule has 1 heterocycles. The van der Waals surface area contributed by atoms with Gasteiger partial charge in [-0.1, -0.05) is 6.92 Å². The molecule has 0 aliphatic carbocycles. The van der Waals surface area contributed by atoms with Gasteiger partial charge in [-0.2, -0.15) is 5.10 Å². The molecule has 0 saturated heterocycles. The van der Waals surface area contributed by atoms with Gasteiger partial charge in [0.15, 0.2) is 0 Å². The highest BCUT2D eigenvalue weighted by molar-refractivity contribution is 9.10. The molecule has 0 spiro atoms. The summed E-state index contributed by atoms with van der Waals surface area (Å²) in [5, 5.41) is 7.42. The minimum absolute atomic E-state index is 0.262. The van der Waals surface area contributed by atoms with Gasteiger partial charge in [0.05, 0.1) is 10.7 Å². The molecule has 5 heteroatoms. The van der Waals surface area contributed by atoms with Crippen molar-refractivity contribution in [1.29, 1.82) is 0 Å². The van der Waals surface area contributed by atoms with Crippen LogP contribution in [0.1, 0.15) is 18.9 Å². The smallest absolute Gasteiger partial charge is 0.139 e. The fourth-order valence-electron chi connectivity index (χ4n) is 1.66. The van der Waals surface area contributed by atoms with Crippen molar-refractivity contribution in [3.63, 3.8) is 0 Å². The lowest BCUT2D eigenvalue weighted by atomic mass is 10.3. The van der Waals surface area contributed by atoms with Crippen molar-refractivity contribution >= 4 is 21.6 Å². The zero-order valence-corrected chi connectivity index (χ0v) is 11.7. The van der Waals surface area contributed by atoms with Crippen LogP contribution in [0.4, 0.5) is 10.1 Å². The predicted molar refractivity (Wildman–Crippen MR) is 73.9 cm³/mol. The fraction of sp³-hybridized carbons (Fsp3) is 0.308. The van der Waals surface area contributed by atoms with Crippen LogP contribution < -0.4 is 5.32 Å². The minimum atomic E-state index is -0.262. The Hall–Kier alpha value is -1.36. The van der Waals surface area contributed by atoms with Gasteiger partial charge < -0.3 is 5.32 Å². The second-order valence-electron chi connectivity index (χ2n) is 4.09. The first-order valence-corrected chi connectivity index (χ1v) is 6.68. The first kappa shape index (κ1) is 13.1. The highest BCUT2D eigenvalue weighted by Gasteiger charge is 2.01. The van der Waals surface area contributed by atoms with E-state index in [1.165, 1.54) is 6.07 Å². The zero-order valence-electron chi connectivity index (χ0n) is 10.2. The van der Waals surface area contributed by atoms with Crippen LogP contribution >= 0.6 is 15.9 Å². The molecular formula is C13H15BrFN3. The third kappa shape index (κ3) is 3.32. The Balaban J connectivity index is 1.95. The van der Waals surface area contributed by atoms with Crippen LogP contribution in [0.25, 0.3) is 0 Å². The maximum atomic E-state index is 13.3. The van der Waals surface area contributed by atoms with Crippen molar-refractivity contribution in [2.75, 3.05) is 5.32 Å². The van der Waals surface area contributed by atoms with E-state index in [-0.39, 0.29) is 5.82 Å². The van der Waals surface area contributed by atoms with Gasteiger partial charge in [-0.15, -0.1) is 0 Å². The molecule has 1 aromatic heterocycles. The summed E-state index contributed by atoms with van der Waals surface area (Å²) in [6, 6.07) is 5.00. The number of nitrogens with zero attached hydrogens (tertiary/aromatic N) is 2. The monoisotopic (exact) mass is 311 g/mol. The summed E-state index contributed by atoms with van der Waals surface area (Å²) in [7, 11) is 0. The second kappa shape index (κ2) is 6.00. The summed E-state index contributed by atoms with van der Waals surface area (Å²) in [6.45, 7) is 3.68. The second-order valence-corrected chi connectivity index (χ2v) is 4.95. The Morgan fingerprint density at radius 3 is 3.00 bits per heavy atom. The maximum absolute atomic E-state index is 13.3. The van der Waals surface area contributed by atoms with Gasteiger partial charge in [0, 0.05) is 30.5 Å². The molecule has 3 nitrogen and oxygen atoms in total. The van der Waals surface area contributed by atoms with Gasteiger partial charge in [-0.25, -0.2) is 4.39 Å². The van der Waals surface area contributed by atoms with Crippen molar-refractivity contribution in [3.8, 4) is 0 Å². The highest BCUT2D eigenvalue weighted by Crippen LogP contribution is 2.19. The zero-order chi connectivity index (χ0) is 13.0. The van der Waals surface area contributed by atoms with Gasteiger partial charge in [0.2, 0.25) is 0 Å². The van der Waals surface area contributed by atoms with Gasteiger partial charge in [0.25, 0.3) is 0 Å². The molecule has 2 aromatic rings. The molecule has 2 rings (SSSR count). The number of halogens is 2. The lowest BCUT2D eigenvalue weighted by Gasteiger charge is -2.05. The largest absolute Gasteiger partial charge is 0.381 e. The SMILES string of the molecule is CCCn1cc(CNc2ccc(Br)c(F)c2)cn1. The normalized spacial score (nSPS) is 10.6. The summed E-state index contributed by atoms with van der Waals surface area (Å²) in [6.07, 6.45) is 4.90. The Morgan fingerprint density at radius 2 is 2.28 bits per heavy atom. The molecule has 0 amide bonds. The summed E-state index contributed by atoms with van der Waals surface area (Å²) in [5.41, 5.74) is 1.85. The van der Waals surface area contributed by atoms with Crippen molar-refractivity contribution in [2.45, 2.75) is 26.4 Å². The van der Waals surface area contributed by atoms with E-state index in [1.54, 1.807) is 6.07 Å². The van der Waals surface area contributed by atoms with E-state index in [1.807, 2.05) is 23.1 Å². The number of benzene rings is 1. The fourth-order valence-corrected chi connectivity index (χ4v) is 1.91. The van der Waals surface area contributed by atoms with Gasteiger partial charge in [-0.05, 0) is 40.5 Å². The van der Waals surface area contributed by atoms with Crippen LogP contribution in [-0.2, 0) is 13.1 Å². The van der Waals surface area contributed by atoms with E-state index in [2.05, 4.69) is 33.3 Å². The quantitative estimate of drug-likeness (QED) is 0.910. The number of hydrogen-bond acceptors (Lipinski definition) is 2. The molecule has 1 aromatic carbocycles. The Bertz CT molecular complexity index is 525. The molecule has 0 atom stereocenters. The van der Waals surface area contributed by atoms with E-state index in [9.17, 15) is 4.39 Å². The van der Waals surface area contributed by atoms with Crippen molar-refractivity contribution in [1.82, 2.24) is 9.78 Å². The predicted octanol–water partition coefficient (Wildman–Crippen LogP) is 3.81. The Morgan fingerprint density at radius 1 is 1.44 bits per heavy atom. The molecule has 0 saturated carbocycles. The van der Waals surface area contributed by atoms with E-state index in [0.29, 0.717) is 11.0 Å². The number of aromatic nitrogens is 2. The average molecular weight is 312 g/mol. The third-order valence-corrected chi connectivity index (χ3v) is 3.20. The van der Waals surface area contributed by atoms with Crippen LogP contribution in [0.15, 0.2) is 35.1 Å². The van der Waals surface area contributed by atoms with Gasteiger partial charge in [-0.3, -0.25) is 4.68 Å². The molecule has 0 fully saturated rings. The van der Waals surface area contributed by atoms with E-state index in [0.717, 1.165) is 24.2 Å². The Kier molecular flexibility index (Phi) is 4.36. The van der Waals surface area contributed by atoms with Gasteiger partial charge in [0.1, 0.15) is 5.82 Å². The first-order chi connectivity index (χ1) is 8.69. The lowest BCUT2D eigenvalue weighted by Crippen LogP contribution is -1.99. The van der Waals surface area contributed by atoms with Crippen LogP contribution in [0.2, 0.25) is 0 Å². The molecule has 0 aliphatic heterocycles. The van der Waals surface area contributed by atoms with E-state index >= 15 is 0 Å². The third-order valence-electron chi connectivity index (χ3n) is 2.56. The summed E-state index contributed by atoms with van der Waals surface area (Å²) in [4.78, 5) is 0. The number of anilines is 1. The average Bonchev–Trinajstić information content (AvgIpc) is 2.79. The van der Waals surface area contributed by atoms with Crippen LogP contribution in [-0.4, -0.2) is 9.78 Å². The van der Waals surface area contributed by atoms with Crippen LogP contribution in [0.5, 0.6) is 0 Å². The van der Waals surface area contributed by atoms with Crippen LogP contribution in [0.3, 0.4) is 0 Å². The van der Waals surface area contributed by atoms with Crippen molar-refractivity contribution in [3.05, 3.63) is 46.4 Å². The molecule has 18 heavy (non-hydrogen) atoms. The minimum Gasteiger partial charge on any atom is -0.381 e. The van der Waals surface area contributed by atoms with Crippen LogP contribution in [0, 0.1) is 5.82 Å². The first-order valence-electron chi connectivity index (χ1n) is 5.89. The van der Waals surface area contributed by atoms with E-state index < -0.39 is 0 Å². The number of nitrogens with one attached hydrogen (secondary N) is 1. The number of rotatable bonds is 5. The van der Waals surface area contributed by atoms with Crippen molar-refractivity contribution in [2.24, 2.45) is 0 Å². The summed E-state index contributed by atoms with van der Waals surface area (Å²) in [5.74, 6) is -0.262. The highest BCUT2D eigenvalue weighted by atomic mass is 79.9. The molecule has 96 valence electrons.